The van der Waals surface area contributed by atoms with Crippen molar-refractivity contribution in [2.75, 3.05) is 19.6 Å². The number of rotatable bonds is 7. The van der Waals surface area contributed by atoms with Crippen molar-refractivity contribution in [1.82, 2.24) is 10.2 Å². The van der Waals surface area contributed by atoms with Crippen LogP contribution in [0.1, 0.15) is 61.9 Å². The molecule has 1 saturated heterocycles. The van der Waals surface area contributed by atoms with Gasteiger partial charge in [0.05, 0.1) is 5.41 Å². The number of nitrogens with one attached hydrogen (secondary N) is 1. The lowest BCUT2D eigenvalue weighted by Crippen LogP contribution is -2.45. The van der Waals surface area contributed by atoms with Gasteiger partial charge in [0, 0.05) is 31.7 Å². The molecule has 0 bridgehead atoms. The van der Waals surface area contributed by atoms with Crippen LogP contribution in [0.4, 0.5) is 0 Å². The van der Waals surface area contributed by atoms with Crippen LogP contribution in [0.3, 0.4) is 0 Å². The highest BCUT2D eigenvalue weighted by molar-refractivity contribution is 5.94. The minimum atomic E-state index is -0.482. The van der Waals surface area contributed by atoms with E-state index >= 15 is 0 Å². The number of piperidine rings is 1. The van der Waals surface area contributed by atoms with E-state index in [-0.39, 0.29) is 11.8 Å². The molecule has 0 aliphatic carbocycles. The van der Waals surface area contributed by atoms with E-state index in [1.54, 1.807) is 0 Å². The third kappa shape index (κ3) is 4.60. The number of hydrogen-bond acceptors (Lipinski definition) is 3. The van der Waals surface area contributed by atoms with Crippen molar-refractivity contribution in [1.29, 1.82) is 0 Å². The van der Waals surface area contributed by atoms with Crippen molar-refractivity contribution in [3.8, 4) is 0 Å². The molecule has 1 aromatic rings. The molecule has 1 fully saturated rings. The largest absolute Gasteiger partial charge is 0.352 e. The van der Waals surface area contributed by atoms with Crippen molar-refractivity contribution in [3.63, 3.8) is 0 Å². The monoisotopic (exact) mass is 345 g/mol. The third-order valence-electron chi connectivity index (χ3n) is 5.52. The van der Waals surface area contributed by atoms with E-state index in [1.807, 2.05) is 43.0 Å². The number of amides is 2. The summed E-state index contributed by atoms with van der Waals surface area (Å²) < 4.78 is 0. The maximum absolute atomic E-state index is 12.5. The molecule has 0 radical (unpaired) electrons. The second kappa shape index (κ2) is 8.99. The molecule has 138 valence electrons. The Bertz CT molecular complexity index is 565. The molecule has 0 unspecified atom stereocenters. The molecule has 0 spiro atoms. The molecule has 0 aromatic heterocycles. The SMILES string of the molecule is CCC(CC)(CN)C(=O)NCc1ccc(C(=O)N2CCCCC2)cc1. The molecule has 5 nitrogen and oxygen atoms in total. The average molecular weight is 345 g/mol. The summed E-state index contributed by atoms with van der Waals surface area (Å²) in [5, 5.41) is 2.99. The van der Waals surface area contributed by atoms with Crippen molar-refractivity contribution >= 4 is 11.8 Å². The molecule has 1 aliphatic heterocycles. The maximum Gasteiger partial charge on any atom is 0.253 e. The fraction of sp³-hybridized carbons (Fsp3) is 0.600. The highest BCUT2D eigenvalue weighted by Gasteiger charge is 2.32. The van der Waals surface area contributed by atoms with Crippen molar-refractivity contribution in [3.05, 3.63) is 35.4 Å². The summed E-state index contributed by atoms with van der Waals surface area (Å²) in [5.41, 5.74) is 7.04. The van der Waals surface area contributed by atoms with Crippen molar-refractivity contribution in [2.45, 2.75) is 52.5 Å². The lowest BCUT2D eigenvalue weighted by Gasteiger charge is -2.28. The van der Waals surface area contributed by atoms with Crippen LogP contribution in [-0.4, -0.2) is 36.3 Å². The molecule has 0 atom stereocenters. The number of likely N-dealkylation sites (tertiary alicyclic amines) is 1. The molecule has 3 N–H and O–H groups in total. The predicted molar refractivity (Wildman–Crippen MR) is 100 cm³/mol. The standard InChI is InChI=1S/C20H31N3O2/c1-3-20(4-2,15-21)19(25)22-14-16-8-10-17(11-9-16)18(24)23-12-6-5-7-13-23/h8-11H,3-7,12-15,21H2,1-2H3,(H,22,25). The third-order valence-corrected chi connectivity index (χ3v) is 5.52. The fourth-order valence-corrected chi connectivity index (χ4v) is 3.37. The zero-order chi connectivity index (χ0) is 18.3. The van der Waals surface area contributed by atoms with Gasteiger partial charge in [-0.25, -0.2) is 0 Å². The Morgan fingerprint density at radius 2 is 1.68 bits per heavy atom. The predicted octanol–water partition coefficient (Wildman–Crippen LogP) is 2.69. The van der Waals surface area contributed by atoms with Crippen molar-refractivity contribution < 1.29 is 9.59 Å². The number of carbonyl (C=O) groups is 2. The van der Waals surface area contributed by atoms with Crippen molar-refractivity contribution in [2.24, 2.45) is 11.1 Å². The van der Waals surface area contributed by atoms with Crippen LogP contribution in [0, 0.1) is 5.41 Å². The maximum atomic E-state index is 12.5. The number of nitrogens with zero attached hydrogens (tertiary/aromatic N) is 1. The normalized spacial score (nSPS) is 15.1. The van der Waals surface area contributed by atoms with Crippen LogP contribution in [0.2, 0.25) is 0 Å². The summed E-state index contributed by atoms with van der Waals surface area (Å²) in [6.07, 6.45) is 4.85. The average Bonchev–Trinajstić information content (AvgIpc) is 2.68. The Kier molecular flexibility index (Phi) is 7.00. The van der Waals surface area contributed by atoms with Gasteiger partial charge in [0.15, 0.2) is 0 Å². The van der Waals surface area contributed by atoms with E-state index in [4.69, 9.17) is 5.73 Å². The first-order chi connectivity index (χ1) is 12.1. The quantitative estimate of drug-likeness (QED) is 0.798. The van der Waals surface area contributed by atoms with Gasteiger partial charge in [0.25, 0.3) is 5.91 Å². The van der Waals surface area contributed by atoms with Crippen LogP contribution < -0.4 is 11.1 Å². The van der Waals surface area contributed by atoms with E-state index in [1.165, 1.54) is 6.42 Å². The van der Waals surface area contributed by atoms with E-state index < -0.39 is 5.41 Å². The zero-order valence-electron chi connectivity index (χ0n) is 15.5. The highest BCUT2D eigenvalue weighted by Crippen LogP contribution is 2.25. The van der Waals surface area contributed by atoms with Gasteiger partial charge in [-0.1, -0.05) is 26.0 Å². The Morgan fingerprint density at radius 3 is 2.20 bits per heavy atom. The van der Waals surface area contributed by atoms with Crippen LogP contribution in [-0.2, 0) is 11.3 Å². The Morgan fingerprint density at radius 1 is 1.08 bits per heavy atom. The van der Waals surface area contributed by atoms with Gasteiger partial charge in [-0.3, -0.25) is 9.59 Å². The first kappa shape index (κ1) is 19.4. The Hall–Kier alpha value is -1.88. The van der Waals surface area contributed by atoms with Gasteiger partial charge in [0.2, 0.25) is 5.91 Å². The zero-order valence-corrected chi connectivity index (χ0v) is 15.5. The van der Waals surface area contributed by atoms with Gasteiger partial charge in [0.1, 0.15) is 0 Å². The van der Waals surface area contributed by atoms with Gasteiger partial charge in [-0.2, -0.15) is 0 Å². The summed E-state index contributed by atoms with van der Waals surface area (Å²) in [7, 11) is 0. The topological polar surface area (TPSA) is 75.4 Å². The number of nitrogens with two attached hydrogens (primary N) is 1. The molecule has 5 heteroatoms. The second-order valence-electron chi connectivity index (χ2n) is 6.92. The molecule has 0 saturated carbocycles. The number of carbonyl (C=O) groups excluding carboxylic acids is 2. The summed E-state index contributed by atoms with van der Waals surface area (Å²) in [6.45, 7) is 6.51. The molecule has 1 heterocycles. The molecule has 2 amide bonds. The number of hydrogen-bond donors (Lipinski definition) is 2. The summed E-state index contributed by atoms with van der Waals surface area (Å²) in [5.74, 6) is 0.114. The molecule has 2 rings (SSSR count). The van der Waals surface area contributed by atoms with Gasteiger partial charge in [-0.05, 0) is 49.8 Å². The van der Waals surface area contributed by atoms with Crippen LogP contribution in [0.5, 0.6) is 0 Å². The van der Waals surface area contributed by atoms with Crippen LogP contribution in [0.15, 0.2) is 24.3 Å². The van der Waals surface area contributed by atoms with E-state index in [0.717, 1.165) is 49.9 Å². The molecule has 25 heavy (non-hydrogen) atoms. The molecular formula is C20H31N3O2. The second-order valence-corrected chi connectivity index (χ2v) is 6.92. The Balaban J connectivity index is 1.94. The summed E-state index contributed by atoms with van der Waals surface area (Å²) in [6, 6.07) is 7.54. The summed E-state index contributed by atoms with van der Waals surface area (Å²) >= 11 is 0. The fourth-order valence-electron chi connectivity index (χ4n) is 3.37. The lowest BCUT2D eigenvalue weighted by atomic mass is 9.81. The Labute approximate surface area is 151 Å². The van der Waals surface area contributed by atoms with Crippen LogP contribution in [0.25, 0.3) is 0 Å². The lowest BCUT2D eigenvalue weighted by molar-refractivity contribution is -0.131. The minimum absolute atomic E-state index is 0.00784. The van der Waals surface area contributed by atoms with E-state index in [9.17, 15) is 9.59 Å². The smallest absolute Gasteiger partial charge is 0.253 e. The first-order valence-electron chi connectivity index (χ1n) is 9.43. The molecule has 1 aliphatic rings. The van der Waals surface area contributed by atoms with E-state index in [2.05, 4.69) is 5.32 Å². The number of benzene rings is 1. The minimum Gasteiger partial charge on any atom is -0.352 e. The molecule has 1 aromatic carbocycles. The van der Waals surface area contributed by atoms with E-state index in [0.29, 0.717) is 13.1 Å². The molecular weight excluding hydrogens is 314 g/mol. The van der Waals surface area contributed by atoms with Gasteiger partial charge < -0.3 is 16.0 Å². The first-order valence-corrected chi connectivity index (χ1v) is 9.43. The summed E-state index contributed by atoms with van der Waals surface area (Å²) in [4.78, 5) is 26.9. The van der Waals surface area contributed by atoms with Gasteiger partial charge >= 0.3 is 0 Å². The van der Waals surface area contributed by atoms with Gasteiger partial charge in [-0.15, -0.1) is 0 Å². The van der Waals surface area contributed by atoms with Crippen LogP contribution >= 0.6 is 0 Å². The highest BCUT2D eigenvalue weighted by atomic mass is 16.2.